The minimum Gasteiger partial charge on any atom is -0.388 e. The van der Waals surface area contributed by atoms with Gasteiger partial charge in [0, 0.05) is 6.54 Å². The summed E-state index contributed by atoms with van der Waals surface area (Å²) < 4.78 is 0. The van der Waals surface area contributed by atoms with Gasteiger partial charge in [-0.1, -0.05) is 6.07 Å². The van der Waals surface area contributed by atoms with Crippen molar-refractivity contribution in [1.82, 2.24) is 0 Å². The number of aliphatic hydroxyl groups is 1. The molecule has 112 valence electrons. The summed E-state index contributed by atoms with van der Waals surface area (Å²) in [5.74, 6) is 0. The van der Waals surface area contributed by atoms with Crippen LogP contribution in [-0.4, -0.2) is 27.7 Å². The summed E-state index contributed by atoms with van der Waals surface area (Å²) >= 11 is 0. The van der Waals surface area contributed by atoms with Crippen LogP contribution in [0.25, 0.3) is 0 Å². The number of rotatable bonds is 6. The van der Waals surface area contributed by atoms with Crippen molar-refractivity contribution in [1.29, 1.82) is 0 Å². The first kappa shape index (κ1) is 16.2. The number of nitrogens with zero attached hydrogens (tertiary/aromatic N) is 1. The predicted octanol–water partition coefficient (Wildman–Crippen LogP) is 2.99. The maximum Gasteiger partial charge on any atom is 0.315 e. The van der Waals surface area contributed by atoms with E-state index in [0.29, 0.717) is 17.9 Å². The Morgan fingerprint density at radius 1 is 1.25 bits per heavy atom. The van der Waals surface area contributed by atoms with Crippen molar-refractivity contribution in [2.75, 3.05) is 17.2 Å². The Bertz CT molecular complexity index is 493. The quantitative estimate of drug-likeness (QED) is 0.551. The van der Waals surface area contributed by atoms with Crippen LogP contribution >= 0.6 is 0 Å². The largest absolute Gasteiger partial charge is 0.388 e. The van der Waals surface area contributed by atoms with Gasteiger partial charge in [-0.3, -0.25) is 10.1 Å². The first-order valence-corrected chi connectivity index (χ1v) is 6.62. The number of hydrogen-bond donors (Lipinski definition) is 3. The van der Waals surface area contributed by atoms with E-state index >= 15 is 0 Å². The van der Waals surface area contributed by atoms with Gasteiger partial charge in [-0.05, 0) is 46.8 Å². The minimum atomic E-state index is -1.03. The van der Waals surface area contributed by atoms with E-state index in [1.54, 1.807) is 45.9 Å². The van der Waals surface area contributed by atoms with Gasteiger partial charge in [0.2, 0.25) is 0 Å². The summed E-state index contributed by atoms with van der Waals surface area (Å²) in [6, 6.07) is 5.06. The van der Waals surface area contributed by atoms with Crippen molar-refractivity contribution in [3.05, 3.63) is 28.3 Å². The summed E-state index contributed by atoms with van der Waals surface area (Å²) in [5, 5.41) is 27.5. The molecule has 0 aliphatic carbocycles. The highest BCUT2D eigenvalue weighted by Crippen LogP contribution is 2.36. The molecule has 0 radical (unpaired) electrons. The lowest BCUT2D eigenvalue weighted by atomic mass is 9.85. The van der Waals surface area contributed by atoms with Crippen LogP contribution in [0.3, 0.4) is 0 Å². The summed E-state index contributed by atoms with van der Waals surface area (Å²) in [5.41, 5.74) is -0.904. The van der Waals surface area contributed by atoms with Crippen molar-refractivity contribution in [2.45, 2.75) is 45.8 Å². The fourth-order valence-electron chi connectivity index (χ4n) is 1.66. The molecule has 6 nitrogen and oxygen atoms in total. The van der Waals surface area contributed by atoms with Gasteiger partial charge >= 0.3 is 5.69 Å². The number of nitro benzene ring substituents is 1. The van der Waals surface area contributed by atoms with E-state index in [0.717, 1.165) is 0 Å². The molecule has 1 aromatic rings. The zero-order valence-corrected chi connectivity index (χ0v) is 12.7. The second kappa shape index (κ2) is 5.66. The van der Waals surface area contributed by atoms with Crippen molar-refractivity contribution in [2.24, 2.45) is 0 Å². The number of hydrogen-bond acceptors (Lipinski definition) is 5. The molecule has 0 aliphatic rings. The van der Waals surface area contributed by atoms with E-state index < -0.39 is 16.1 Å². The average molecular weight is 281 g/mol. The van der Waals surface area contributed by atoms with Gasteiger partial charge in [-0.25, -0.2) is 0 Å². The fourth-order valence-corrected chi connectivity index (χ4v) is 1.66. The zero-order valence-electron chi connectivity index (χ0n) is 12.7. The molecule has 1 rings (SSSR count). The number of nitrogens with one attached hydrogen (secondary N) is 2. The van der Waals surface area contributed by atoms with Crippen molar-refractivity contribution >= 4 is 17.1 Å². The molecule has 0 unspecified atom stereocenters. The number of nitro groups is 1. The van der Waals surface area contributed by atoms with Crippen LogP contribution in [0.1, 0.15) is 34.6 Å². The smallest absolute Gasteiger partial charge is 0.315 e. The Morgan fingerprint density at radius 2 is 1.80 bits per heavy atom. The van der Waals surface area contributed by atoms with E-state index in [-0.39, 0.29) is 5.69 Å². The highest BCUT2D eigenvalue weighted by atomic mass is 16.6. The topological polar surface area (TPSA) is 87.4 Å². The van der Waals surface area contributed by atoms with Crippen LogP contribution in [0, 0.1) is 10.1 Å². The van der Waals surface area contributed by atoms with Gasteiger partial charge < -0.3 is 15.7 Å². The Morgan fingerprint density at radius 3 is 2.25 bits per heavy atom. The highest BCUT2D eigenvalue weighted by molar-refractivity contribution is 5.76. The first-order valence-electron chi connectivity index (χ1n) is 6.62. The van der Waals surface area contributed by atoms with E-state index in [4.69, 9.17) is 0 Å². The summed E-state index contributed by atoms with van der Waals surface area (Å²) in [7, 11) is 0. The number of anilines is 2. The van der Waals surface area contributed by atoms with Crippen LogP contribution in [0.4, 0.5) is 17.1 Å². The molecule has 20 heavy (non-hydrogen) atoms. The highest BCUT2D eigenvalue weighted by Gasteiger charge is 2.36. The summed E-state index contributed by atoms with van der Waals surface area (Å²) in [6.07, 6.45) is 0. The lowest BCUT2D eigenvalue weighted by Gasteiger charge is -2.38. The first-order chi connectivity index (χ1) is 9.10. The molecule has 0 saturated heterocycles. The molecule has 0 aromatic heterocycles. The lowest BCUT2D eigenvalue weighted by molar-refractivity contribution is -0.383. The molecule has 3 N–H and O–H groups in total. The normalized spacial score (nSPS) is 12.1. The number of para-hydroxylation sites is 1. The molecular formula is C14H23N3O3. The summed E-state index contributed by atoms with van der Waals surface area (Å²) in [6.45, 7) is 9.41. The predicted molar refractivity (Wildman–Crippen MR) is 81.3 cm³/mol. The molecule has 1 aromatic carbocycles. The fraction of sp³-hybridized carbons (Fsp3) is 0.571. The third-order valence-electron chi connectivity index (χ3n) is 3.56. The molecule has 0 amide bonds. The van der Waals surface area contributed by atoms with Gasteiger partial charge in [0.05, 0.1) is 16.1 Å². The molecule has 0 fully saturated rings. The molecule has 0 aliphatic heterocycles. The van der Waals surface area contributed by atoms with E-state index in [1.807, 2.05) is 6.92 Å². The van der Waals surface area contributed by atoms with E-state index in [2.05, 4.69) is 10.6 Å². The van der Waals surface area contributed by atoms with Crippen LogP contribution in [0.15, 0.2) is 18.2 Å². The van der Waals surface area contributed by atoms with Gasteiger partial charge in [0.25, 0.3) is 0 Å². The molecule has 0 heterocycles. The summed E-state index contributed by atoms with van der Waals surface area (Å²) in [4.78, 5) is 10.9. The van der Waals surface area contributed by atoms with Gasteiger partial charge in [-0.2, -0.15) is 0 Å². The zero-order chi connectivity index (χ0) is 15.6. The second-order valence-corrected chi connectivity index (χ2v) is 5.80. The van der Waals surface area contributed by atoms with Gasteiger partial charge in [0.15, 0.2) is 0 Å². The Hall–Kier alpha value is -1.82. The Labute approximate surface area is 119 Å². The second-order valence-electron chi connectivity index (χ2n) is 5.80. The van der Waals surface area contributed by atoms with Crippen molar-refractivity contribution < 1.29 is 10.0 Å². The van der Waals surface area contributed by atoms with Crippen molar-refractivity contribution in [3.63, 3.8) is 0 Å². The van der Waals surface area contributed by atoms with Crippen LogP contribution < -0.4 is 10.6 Å². The van der Waals surface area contributed by atoms with E-state index in [1.165, 1.54) is 0 Å². The lowest BCUT2D eigenvalue weighted by Crippen LogP contribution is -2.51. The maximum absolute atomic E-state index is 11.3. The molecule has 0 spiro atoms. The van der Waals surface area contributed by atoms with Gasteiger partial charge in [-0.15, -0.1) is 0 Å². The van der Waals surface area contributed by atoms with Crippen LogP contribution in [0.5, 0.6) is 0 Å². The van der Waals surface area contributed by atoms with Gasteiger partial charge in [0.1, 0.15) is 11.4 Å². The average Bonchev–Trinajstić information content (AvgIpc) is 2.27. The number of benzene rings is 1. The molecular weight excluding hydrogens is 258 g/mol. The van der Waals surface area contributed by atoms with Crippen LogP contribution in [0.2, 0.25) is 0 Å². The molecule has 0 bridgehead atoms. The molecule has 0 saturated carbocycles. The Kier molecular flexibility index (Phi) is 4.60. The van der Waals surface area contributed by atoms with Crippen LogP contribution in [-0.2, 0) is 0 Å². The third-order valence-corrected chi connectivity index (χ3v) is 3.56. The molecule has 0 atom stereocenters. The Balaban J connectivity index is 3.25. The standard InChI is InChI=1S/C14H23N3O3/c1-6-15-10-8-7-9-11(12(10)17(19)20)16-13(2,3)14(4,5)18/h7-9,15-16,18H,6H2,1-5H3. The SMILES string of the molecule is CCNc1cccc(NC(C)(C)C(C)(C)O)c1[N+](=O)[O-]. The molecule has 6 heteroatoms. The third kappa shape index (κ3) is 3.39. The minimum absolute atomic E-state index is 0.00771. The van der Waals surface area contributed by atoms with Crippen molar-refractivity contribution in [3.8, 4) is 0 Å². The monoisotopic (exact) mass is 281 g/mol. The van der Waals surface area contributed by atoms with E-state index in [9.17, 15) is 15.2 Å². The maximum atomic E-state index is 11.3.